The number of nitrogens with zero attached hydrogens (tertiary/aromatic N) is 2. The number of carbonyl (C=O) groups is 1. The van der Waals surface area contributed by atoms with Crippen LogP contribution < -0.4 is 5.32 Å². The molecule has 2 aromatic heterocycles. The Balaban J connectivity index is 1.29. The number of hydrogen-bond acceptors (Lipinski definition) is 3. The molecule has 0 saturated heterocycles. The maximum atomic E-state index is 13.2. The fraction of sp³-hybridized carbons (Fsp3) is 0.667. The van der Waals surface area contributed by atoms with Gasteiger partial charge < -0.3 is 5.32 Å². The summed E-state index contributed by atoms with van der Waals surface area (Å²) in [4.78, 5) is 14.0. The van der Waals surface area contributed by atoms with Crippen LogP contribution in [0.25, 0.3) is 0 Å². The summed E-state index contributed by atoms with van der Waals surface area (Å²) in [5.74, 6) is 2.81. The van der Waals surface area contributed by atoms with E-state index in [0.717, 1.165) is 51.0 Å². The molecular weight excluding hydrogens is 414 g/mol. The minimum atomic E-state index is 0.0974. The fourth-order valence-electron chi connectivity index (χ4n) is 7.10. The lowest BCUT2D eigenvalue weighted by Gasteiger charge is -2.59. The highest BCUT2D eigenvalue weighted by atomic mass is 35.5. The van der Waals surface area contributed by atoms with Crippen LogP contribution in [0.3, 0.4) is 0 Å². The molecule has 4 fully saturated rings. The van der Waals surface area contributed by atoms with Crippen molar-refractivity contribution in [1.29, 1.82) is 0 Å². The third kappa shape index (κ3) is 3.52. The van der Waals surface area contributed by atoms with Crippen molar-refractivity contribution in [2.45, 2.75) is 78.3 Å². The Morgan fingerprint density at radius 2 is 1.90 bits per heavy atom. The molecule has 162 valence electrons. The summed E-state index contributed by atoms with van der Waals surface area (Å²) in [5.41, 5.74) is 3.28. The van der Waals surface area contributed by atoms with Gasteiger partial charge in [0.05, 0.1) is 27.8 Å². The first kappa shape index (κ1) is 20.6. The molecule has 30 heavy (non-hydrogen) atoms. The average Bonchev–Trinajstić information content (AvgIpc) is 3.26. The van der Waals surface area contributed by atoms with Gasteiger partial charge in [-0.05, 0) is 99.0 Å². The number of carbonyl (C=O) groups excluding carboxylic acids is 1. The van der Waals surface area contributed by atoms with Crippen LogP contribution in [0.1, 0.15) is 78.5 Å². The summed E-state index contributed by atoms with van der Waals surface area (Å²) in [6.07, 6.45) is 9.32. The number of aryl methyl sites for hydroxylation is 1. The Morgan fingerprint density at radius 3 is 2.43 bits per heavy atom. The smallest absolute Gasteiger partial charge is 0.261 e. The highest BCUT2D eigenvalue weighted by Gasteiger charge is 2.54. The summed E-state index contributed by atoms with van der Waals surface area (Å²) in [6, 6.07) is 2.33. The molecule has 2 heterocycles. The third-order valence-corrected chi connectivity index (χ3v) is 9.57. The van der Waals surface area contributed by atoms with Crippen molar-refractivity contribution in [3.05, 3.63) is 38.3 Å². The normalized spacial score (nSPS) is 30.6. The monoisotopic (exact) mass is 445 g/mol. The number of hydrogen-bond donors (Lipinski definition) is 1. The molecule has 4 aliphatic carbocycles. The summed E-state index contributed by atoms with van der Waals surface area (Å²) in [5, 5.41) is 10.8. The lowest BCUT2D eigenvalue weighted by atomic mass is 9.47. The zero-order valence-electron chi connectivity index (χ0n) is 18.2. The number of halogens is 1. The van der Waals surface area contributed by atoms with E-state index in [-0.39, 0.29) is 5.91 Å². The first-order valence-corrected chi connectivity index (χ1v) is 12.7. The third-order valence-electron chi connectivity index (χ3n) is 8.04. The fourth-order valence-corrected chi connectivity index (χ4v) is 8.04. The Hall–Kier alpha value is -1.33. The van der Waals surface area contributed by atoms with Crippen LogP contribution in [0, 0.1) is 37.0 Å². The Labute approximate surface area is 188 Å². The molecule has 0 aromatic carbocycles. The van der Waals surface area contributed by atoms with Crippen LogP contribution in [0.15, 0.2) is 11.4 Å². The molecule has 4 aliphatic rings. The van der Waals surface area contributed by atoms with E-state index in [2.05, 4.69) is 22.7 Å². The van der Waals surface area contributed by atoms with Crippen molar-refractivity contribution in [2.75, 3.05) is 0 Å². The lowest BCUT2D eigenvalue weighted by molar-refractivity contribution is -0.0727. The van der Waals surface area contributed by atoms with Crippen molar-refractivity contribution in [3.8, 4) is 0 Å². The molecule has 4 bridgehead atoms. The van der Waals surface area contributed by atoms with Gasteiger partial charge in [-0.1, -0.05) is 18.5 Å². The van der Waals surface area contributed by atoms with Crippen molar-refractivity contribution in [2.24, 2.45) is 23.2 Å². The zero-order valence-corrected chi connectivity index (χ0v) is 19.8. The number of nitrogens with one attached hydrogen (secondary N) is 1. The Kier molecular flexibility index (Phi) is 5.26. The zero-order chi connectivity index (χ0) is 21.0. The van der Waals surface area contributed by atoms with E-state index in [0.29, 0.717) is 18.0 Å². The van der Waals surface area contributed by atoms with Gasteiger partial charge in [-0.25, -0.2) is 0 Å². The molecule has 1 atom stereocenters. The van der Waals surface area contributed by atoms with Crippen LogP contribution in [-0.4, -0.2) is 21.7 Å². The predicted molar refractivity (Wildman–Crippen MR) is 122 cm³/mol. The summed E-state index contributed by atoms with van der Waals surface area (Å²) in [6.45, 7) is 6.80. The maximum Gasteiger partial charge on any atom is 0.261 e. The molecule has 2 aromatic rings. The second-order valence-electron chi connectivity index (χ2n) is 10.2. The molecule has 6 heteroatoms. The second-order valence-corrected chi connectivity index (χ2v) is 11.5. The first-order chi connectivity index (χ1) is 14.4. The van der Waals surface area contributed by atoms with Gasteiger partial charge in [0.1, 0.15) is 0 Å². The van der Waals surface area contributed by atoms with Gasteiger partial charge in [-0.3, -0.25) is 9.48 Å². The van der Waals surface area contributed by atoms with Crippen molar-refractivity contribution in [1.82, 2.24) is 15.1 Å². The van der Waals surface area contributed by atoms with E-state index in [9.17, 15) is 4.79 Å². The molecule has 4 saturated carbocycles. The van der Waals surface area contributed by atoms with E-state index >= 15 is 0 Å². The molecule has 1 unspecified atom stereocenters. The Morgan fingerprint density at radius 1 is 1.27 bits per heavy atom. The van der Waals surface area contributed by atoms with Crippen LogP contribution in [0.2, 0.25) is 5.02 Å². The number of thiophene rings is 1. The summed E-state index contributed by atoms with van der Waals surface area (Å²) in [7, 11) is 0. The SMILES string of the molecule is CCC(NC(=O)c1cc(Cn2nc(C)c(Cl)c2C)cs1)C12CC3CC(CC(C3)C1)C2. The number of aromatic nitrogens is 2. The minimum Gasteiger partial charge on any atom is -0.348 e. The van der Waals surface area contributed by atoms with Gasteiger partial charge in [0, 0.05) is 6.04 Å². The second kappa shape index (κ2) is 7.67. The van der Waals surface area contributed by atoms with E-state index < -0.39 is 0 Å². The van der Waals surface area contributed by atoms with Crippen molar-refractivity contribution in [3.63, 3.8) is 0 Å². The van der Waals surface area contributed by atoms with Gasteiger partial charge in [-0.15, -0.1) is 11.3 Å². The van der Waals surface area contributed by atoms with E-state index in [1.807, 2.05) is 24.6 Å². The minimum absolute atomic E-state index is 0.0974. The lowest BCUT2D eigenvalue weighted by Crippen LogP contribution is -2.56. The van der Waals surface area contributed by atoms with E-state index in [4.69, 9.17) is 11.6 Å². The first-order valence-electron chi connectivity index (χ1n) is 11.4. The van der Waals surface area contributed by atoms with Crippen LogP contribution >= 0.6 is 22.9 Å². The summed E-state index contributed by atoms with van der Waals surface area (Å²) < 4.78 is 1.92. The molecule has 0 spiro atoms. The molecule has 6 rings (SSSR count). The highest BCUT2D eigenvalue weighted by molar-refractivity contribution is 7.12. The molecule has 1 amide bonds. The topological polar surface area (TPSA) is 46.9 Å². The van der Waals surface area contributed by atoms with Gasteiger partial charge >= 0.3 is 0 Å². The quantitative estimate of drug-likeness (QED) is 0.593. The highest BCUT2D eigenvalue weighted by Crippen LogP contribution is 2.61. The molecule has 4 nitrogen and oxygen atoms in total. The van der Waals surface area contributed by atoms with E-state index in [1.54, 1.807) is 0 Å². The van der Waals surface area contributed by atoms with Gasteiger partial charge in [0.15, 0.2) is 0 Å². The van der Waals surface area contributed by atoms with Gasteiger partial charge in [0.2, 0.25) is 0 Å². The largest absolute Gasteiger partial charge is 0.348 e. The Bertz CT molecular complexity index is 927. The standard InChI is InChI=1S/C24H32ClN3OS/c1-4-21(24-9-16-5-17(10-24)7-18(6-16)11-24)26-23(29)20-8-19(13-30-20)12-28-15(3)22(25)14(2)27-28/h8,13,16-18,21H,4-7,9-12H2,1-3H3,(H,26,29). The average molecular weight is 446 g/mol. The van der Waals surface area contributed by atoms with Crippen LogP contribution in [-0.2, 0) is 6.54 Å². The van der Waals surface area contributed by atoms with Crippen molar-refractivity contribution >= 4 is 28.8 Å². The number of rotatable bonds is 6. The predicted octanol–water partition coefficient (Wildman–Crippen LogP) is 5.99. The van der Waals surface area contributed by atoms with Gasteiger partial charge in [0.25, 0.3) is 5.91 Å². The molecular formula is C24H32ClN3OS. The van der Waals surface area contributed by atoms with Crippen molar-refractivity contribution < 1.29 is 4.79 Å². The maximum absolute atomic E-state index is 13.2. The van der Waals surface area contributed by atoms with E-state index in [1.165, 1.54) is 49.9 Å². The molecule has 1 N–H and O–H groups in total. The number of amides is 1. The molecule has 0 aliphatic heterocycles. The summed E-state index contributed by atoms with van der Waals surface area (Å²) >= 11 is 7.81. The molecule has 0 radical (unpaired) electrons. The van der Waals surface area contributed by atoms with Crippen LogP contribution in [0.5, 0.6) is 0 Å². The van der Waals surface area contributed by atoms with Gasteiger partial charge in [-0.2, -0.15) is 5.10 Å². The van der Waals surface area contributed by atoms with Crippen LogP contribution in [0.4, 0.5) is 0 Å².